The summed E-state index contributed by atoms with van der Waals surface area (Å²) >= 11 is 0. The molecule has 0 radical (unpaired) electrons. The highest BCUT2D eigenvalue weighted by atomic mass is 16.4. The highest BCUT2D eigenvalue weighted by Crippen LogP contribution is 2.16. The summed E-state index contributed by atoms with van der Waals surface area (Å²) in [6.45, 7) is 4.70. The van der Waals surface area contributed by atoms with Crippen molar-refractivity contribution < 1.29 is 14.7 Å². The van der Waals surface area contributed by atoms with E-state index in [9.17, 15) is 9.59 Å². The molecule has 1 rings (SSSR count). The number of hydrogen-bond donors (Lipinski definition) is 2. The van der Waals surface area contributed by atoms with Crippen LogP contribution in [0.15, 0.2) is 0 Å². The summed E-state index contributed by atoms with van der Waals surface area (Å²) in [5.41, 5.74) is 0. The fraction of sp³-hybridized carbons (Fsp3) is 0.833. The van der Waals surface area contributed by atoms with Gasteiger partial charge in [0, 0.05) is 25.0 Å². The van der Waals surface area contributed by atoms with Gasteiger partial charge in [-0.2, -0.15) is 0 Å². The first-order chi connectivity index (χ1) is 8.00. The Labute approximate surface area is 102 Å². The van der Waals surface area contributed by atoms with Gasteiger partial charge in [-0.1, -0.05) is 0 Å². The third-order valence-corrected chi connectivity index (χ3v) is 3.22. The zero-order chi connectivity index (χ0) is 12.8. The third kappa shape index (κ3) is 4.63. The molecular weight excluding hydrogens is 220 g/mol. The number of likely N-dealkylation sites (tertiary alicyclic amines) is 1. The van der Waals surface area contributed by atoms with Crippen LogP contribution in [0.2, 0.25) is 0 Å². The predicted molar refractivity (Wildman–Crippen MR) is 64.9 cm³/mol. The van der Waals surface area contributed by atoms with E-state index >= 15 is 0 Å². The van der Waals surface area contributed by atoms with Gasteiger partial charge in [0.25, 0.3) is 0 Å². The average Bonchev–Trinajstić information content (AvgIpc) is 2.26. The summed E-state index contributed by atoms with van der Waals surface area (Å²) in [4.78, 5) is 24.2. The molecule has 2 atom stereocenters. The van der Waals surface area contributed by atoms with E-state index in [4.69, 9.17) is 5.11 Å². The molecule has 0 aromatic rings. The van der Waals surface area contributed by atoms with E-state index < -0.39 is 5.97 Å². The lowest BCUT2D eigenvalue weighted by molar-refractivity contribution is -0.137. The molecule has 0 aromatic carbocycles. The summed E-state index contributed by atoms with van der Waals surface area (Å²) in [6.07, 6.45) is 3.86. The number of hydrogen-bond acceptors (Lipinski definition) is 2. The number of rotatable bonds is 4. The minimum Gasteiger partial charge on any atom is -0.481 e. The number of carbonyl (C=O) groups excluding carboxylic acids is 1. The zero-order valence-electron chi connectivity index (χ0n) is 10.6. The van der Waals surface area contributed by atoms with Gasteiger partial charge in [-0.15, -0.1) is 0 Å². The molecule has 5 heteroatoms. The quantitative estimate of drug-likeness (QED) is 0.790. The lowest BCUT2D eigenvalue weighted by Crippen LogP contribution is -2.49. The van der Waals surface area contributed by atoms with E-state index in [1.807, 2.05) is 11.8 Å². The first-order valence-electron chi connectivity index (χ1n) is 6.29. The molecule has 5 nitrogen and oxygen atoms in total. The molecule has 0 aliphatic carbocycles. The van der Waals surface area contributed by atoms with Crippen molar-refractivity contribution in [3.8, 4) is 0 Å². The van der Waals surface area contributed by atoms with Crippen LogP contribution in [0.5, 0.6) is 0 Å². The van der Waals surface area contributed by atoms with Gasteiger partial charge < -0.3 is 15.3 Å². The van der Waals surface area contributed by atoms with E-state index in [0.29, 0.717) is 6.42 Å². The van der Waals surface area contributed by atoms with Crippen LogP contribution in [0.25, 0.3) is 0 Å². The van der Waals surface area contributed by atoms with Crippen LogP contribution in [0.1, 0.15) is 46.0 Å². The molecule has 1 aliphatic rings. The van der Waals surface area contributed by atoms with E-state index in [1.165, 1.54) is 6.42 Å². The van der Waals surface area contributed by atoms with Gasteiger partial charge in [0.05, 0.1) is 0 Å². The third-order valence-electron chi connectivity index (χ3n) is 3.22. The van der Waals surface area contributed by atoms with Gasteiger partial charge in [-0.3, -0.25) is 4.79 Å². The fourth-order valence-electron chi connectivity index (χ4n) is 2.11. The van der Waals surface area contributed by atoms with Crippen molar-refractivity contribution in [2.24, 2.45) is 0 Å². The van der Waals surface area contributed by atoms with Gasteiger partial charge in [0.2, 0.25) is 0 Å². The summed E-state index contributed by atoms with van der Waals surface area (Å²) < 4.78 is 0. The number of carbonyl (C=O) groups is 2. The second-order valence-electron chi connectivity index (χ2n) is 4.82. The van der Waals surface area contributed by atoms with E-state index in [0.717, 1.165) is 19.4 Å². The normalized spacial score (nSPS) is 22.0. The van der Waals surface area contributed by atoms with Crippen molar-refractivity contribution >= 4 is 12.0 Å². The number of urea groups is 1. The smallest absolute Gasteiger partial charge is 0.317 e. The minimum atomic E-state index is -0.822. The van der Waals surface area contributed by atoms with E-state index in [1.54, 1.807) is 0 Å². The molecule has 17 heavy (non-hydrogen) atoms. The largest absolute Gasteiger partial charge is 0.481 e. The van der Waals surface area contributed by atoms with Crippen molar-refractivity contribution in [2.45, 2.75) is 58.0 Å². The molecule has 0 saturated carbocycles. The van der Waals surface area contributed by atoms with Crippen LogP contribution in [-0.2, 0) is 4.79 Å². The summed E-state index contributed by atoms with van der Waals surface area (Å²) in [6, 6.07) is 0.137. The highest BCUT2D eigenvalue weighted by Gasteiger charge is 2.23. The van der Waals surface area contributed by atoms with Gasteiger partial charge in [-0.05, 0) is 39.5 Å². The van der Waals surface area contributed by atoms with Gasteiger partial charge >= 0.3 is 12.0 Å². The molecule has 2 unspecified atom stereocenters. The van der Waals surface area contributed by atoms with Crippen molar-refractivity contribution in [3.63, 3.8) is 0 Å². The molecule has 98 valence electrons. The Balaban J connectivity index is 2.34. The molecule has 0 spiro atoms. The Morgan fingerprint density at radius 3 is 2.76 bits per heavy atom. The molecule has 1 fully saturated rings. The molecule has 2 amide bonds. The summed E-state index contributed by atoms with van der Waals surface area (Å²) in [7, 11) is 0. The highest BCUT2D eigenvalue weighted by molar-refractivity contribution is 5.75. The van der Waals surface area contributed by atoms with Crippen molar-refractivity contribution in [2.75, 3.05) is 6.54 Å². The van der Waals surface area contributed by atoms with Crippen molar-refractivity contribution in [1.29, 1.82) is 0 Å². The zero-order valence-corrected chi connectivity index (χ0v) is 10.6. The molecule has 0 bridgehead atoms. The molecule has 1 saturated heterocycles. The maximum atomic E-state index is 11.9. The first-order valence-corrected chi connectivity index (χ1v) is 6.29. The van der Waals surface area contributed by atoms with Crippen LogP contribution < -0.4 is 5.32 Å². The average molecular weight is 242 g/mol. The maximum absolute atomic E-state index is 11.9. The molecule has 1 heterocycles. The summed E-state index contributed by atoms with van der Waals surface area (Å²) in [5.74, 6) is -0.822. The second kappa shape index (κ2) is 6.47. The van der Waals surface area contributed by atoms with Crippen molar-refractivity contribution in [1.82, 2.24) is 10.2 Å². The molecule has 2 N–H and O–H groups in total. The number of carboxylic acid groups (broad SMARTS) is 1. The lowest BCUT2D eigenvalue weighted by atomic mass is 10.0. The second-order valence-corrected chi connectivity index (χ2v) is 4.82. The van der Waals surface area contributed by atoms with Crippen LogP contribution >= 0.6 is 0 Å². The number of amides is 2. The number of carboxylic acids is 1. The Kier molecular flexibility index (Phi) is 5.25. The van der Waals surface area contributed by atoms with Crippen LogP contribution in [0.3, 0.4) is 0 Å². The maximum Gasteiger partial charge on any atom is 0.317 e. The van der Waals surface area contributed by atoms with Crippen LogP contribution in [0.4, 0.5) is 4.79 Å². The Bertz CT molecular complexity index is 281. The lowest BCUT2D eigenvalue weighted by Gasteiger charge is -2.34. The number of piperidine rings is 1. The van der Waals surface area contributed by atoms with Crippen LogP contribution in [-0.4, -0.2) is 40.6 Å². The van der Waals surface area contributed by atoms with E-state index in [-0.39, 0.29) is 24.5 Å². The Morgan fingerprint density at radius 2 is 2.18 bits per heavy atom. The van der Waals surface area contributed by atoms with Gasteiger partial charge in [0.15, 0.2) is 0 Å². The standard InChI is InChI=1S/C12H22N2O3/c1-9(6-7-11(15)16)13-12(17)14-8-4-3-5-10(14)2/h9-10H,3-8H2,1-2H3,(H,13,17)(H,15,16). The monoisotopic (exact) mass is 242 g/mol. The van der Waals surface area contributed by atoms with Crippen molar-refractivity contribution in [3.05, 3.63) is 0 Å². The molecule has 1 aliphatic heterocycles. The Morgan fingerprint density at radius 1 is 1.47 bits per heavy atom. The SMILES string of the molecule is CC(CCC(=O)O)NC(=O)N1CCCCC1C. The number of aliphatic carboxylic acids is 1. The first kappa shape index (κ1) is 13.8. The summed E-state index contributed by atoms with van der Waals surface area (Å²) in [5, 5.41) is 11.4. The predicted octanol–water partition coefficient (Wildman–Crippen LogP) is 1.82. The van der Waals surface area contributed by atoms with Gasteiger partial charge in [0.1, 0.15) is 0 Å². The topological polar surface area (TPSA) is 69.6 Å². The van der Waals surface area contributed by atoms with Crippen LogP contribution in [0, 0.1) is 0 Å². The fourth-order valence-corrected chi connectivity index (χ4v) is 2.11. The number of nitrogens with one attached hydrogen (secondary N) is 1. The van der Waals surface area contributed by atoms with E-state index in [2.05, 4.69) is 12.2 Å². The minimum absolute atomic E-state index is 0.0601. The molecule has 0 aromatic heterocycles. The Hall–Kier alpha value is -1.26. The molecular formula is C12H22N2O3. The van der Waals surface area contributed by atoms with Gasteiger partial charge in [-0.25, -0.2) is 4.79 Å². The number of nitrogens with zero attached hydrogens (tertiary/aromatic N) is 1.